The second kappa shape index (κ2) is 7.66. The van der Waals surface area contributed by atoms with Gasteiger partial charge in [-0.1, -0.05) is 45.8 Å². The minimum Gasteiger partial charge on any atom is -0.366 e. The molecular weight excluding hydrogens is 376 g/mol. The number of rotatable bonds is 5. The Kier molecular flexibility index (Phi) is 5.34. The van der Waals surface area contributed by atoms with Crippen LogP contribution < -0.4 is 10.6 Å². The average molecular weight is 397 g/mol. The third-order valence-electron chi connectivity index (χ3n) is 3.82. The smallest absolute Gasteiger partial charge is 0.229 e. The van der Waals surface area contributed by atoms with Crippen molar-refractivity contribution in [1.29, 1.82) is 0 Å². The van der Waals surface area contributed by atoms with Gasteiger partial charge in [-0.25, -0.2) is 4.98 Å². The Bertz CT molecular complexity index is 893. The van der Waals surface area contributed by atoms with Crippen molar-refractivity contribution < 1.29 is 0 Å². The molecule has 0 atom stereocenters. The highest BCUT2D eigenvalue weighted by Gasteiger charge is 2.04. The standard InChI is InChI=1S/C20H21BrN4/c1-13-5-4-6-16(9-13)12-22-19-11-15(3)23-20(25-19)24-17-7-8-18(21)14(2)10-17/h4-11H,12H2,1-3H3,(H2,22,23,24,25). The van der Waals surface area contributed by atoms with E-state index in [1.807, 2.05) is 25.1 Å². The summed E-state index contributed by atoms with van der Waals surface area (Å²) in [7, 11) is 0. The molecule has 1 heterocycles. The van der Waals surface area contributed by atoms with E-state index in [0.717, 1.165) is 33.8 Å². The molecule has 0 amide bonds. The molecule has 5 heteroatoms. The highest BCUT2D eigenvalue weighted by Crippen LogP contribution is 2.22. The van der Waals surface area contributed by atoms with Gasteiger partial charge in [0.15, 0.2) is 0 Å². The zero-order valence-corrected chi connectivity index (χ0v) is 16.2. The van der Waals surface area contributed by atoms with Crippen LogP contribution in [0.5, 0.6) is 0 Å². The number of hydrogen-bond acceptors (Lipinski definition) is 4. The Balaban J connectivity index is 1.74. The van der Waals surface area contributed by atoms with E-state index in [1.165, 1.54) is 11.1 Å². The van der Waals surface area contributed by atoms with Gasteiger partial charge in [0.25, 0.3) is 0 Å². The van der Waals surface area contributed by atoms with E-state index in [2.05, 4.69) is 80.7 Å². The summed E-state index contributed by atoms with van der Waals surface area (Å²) < 4.78 is 1.09. The number of halogens is 1. The zero-order valence-electron chi connectivity index (χ0n) is 14.6. The van der Waals surface area contributed by atoms with Crippen LogP contribution in [0.3, 0.4) is 0 Å². The second-order valence-corrected chi connectivity index (χ2v) is 7.00. The molecule has 0 saturated heterocycles. The van der Waals surface area contributed by atoms with Gasteiger partial charge in [0, 0.05) is 28.5 Å². The summed E-state index contributed by atoms with van der Waals surface area (Å²) in [6.07, 6.45) is 0. The van der Waals surface area contributed by atoms with Crippen LogP contribution in [0.1, 0.15) is 22.4 Å². The fourth-order valence-corrected chi connectivity index (χ4v) is 2.83. The summed E-state index contributed by atoms with van der Waals surface area (Å²) in [5.74, 6) is 1.40. The van der Waals surface area contributed by atoms with Crippen LogP contribution in [0.15, 0.2) is 53.0 Å². The summed E-state index contributed by atoms with van der Waals surface area (Å²) in [4.78, 5) is 9.05. The van der Waals surface area contributed by atoms with Crippen LogP contribution in [0, 0.1) is 20.8 Å². The lowest BCUT2D eigenvalue weighted by Gasteiger charge is -2.11. The van der Waals surface area contributed by atoms with Crippen LogP contribution in [0.25, 0.3) is 0 Å². The molecule has 1 aromatic heterocycles. The molecule has 0 saturated carbocycles. The second-order valence-electron chi connectivity index (χ2n) is 6.15. The van der Waals surface area contributed by atoms with Gasteiger partial charge in [0.1, 0.15) is 5.82 Å². The lowest BCUT2D eigenvalue weighted by atomic mass is 10.1. The number of aryl methyl sites for hydroxylation is 3. The predicted octanol–water partition coefficient (Wildman–Crippen LogP) is 5.52. The molecule has 0 aliphatic rings. The number of hydrogen-bond donors (Lipinski definition) is 2. The van der Waals surface area contributed by atoms with Crippen molar-refractivity contribution in [3.8, 4) is 0 Å². The third-order valence-corrected chi connectivity index (χ3v) is 4.71. The maximum absolute atomic E-state index is 4.57. The Hall–Kier alpha value is -2.40. The zero-order chi connectivity index (χ0) is 17.8. The van der Waals surface area contributed by atoms with Gasteiger partial charge in [-0.15, -0.1) is 0 Å². The summed E-state index contributed by atoms with van der Waals surface area (Å²) in [6.45, 7) is 6.86. The normalized spacial score (nSPS) is 10.6. The summed E-state index contributed by atoms with van der Waals surface area (Å²) in [5, 5.41) is 6.65. The largest absolute Gasteiger partial charge is 0.366 e. The SMILES string of the molecule is Cc1cccc(CNc2cc(C)nc(Nc3ccc(Br)c(C)c3)n2)c1. The first-order valence-corrected chi connectivity index (χ1v) is 8.97. The van der Waals surface area contributed by atoms with Crippen molar-refractivity contribution >= 4 is 33.4 Å². The van der Waals surface area contributed by atoms with Gasteiger partial charge >= 0.3 is 0 Å². The molecule has 0 fully saturated rings. The summed E-state index contributed by atoms with van der Waals surface area (Å²) >= 11 is 3.52. The van der Waals surface area contributed by atoms with E-state index < -0.39 is 0 Å². The number of anilines is 3. The topological polar surface area (TPSA) is 49.8 Å². The van der Waals surface area contributed by atoms with Gasteiger partial charge in [0.2, 0.25) is 5.95 Å². The Morgan fingerprint density at radius 1 is 0.960 bits per heavy atom. The van der Waals surface area contributed by atoms with Crippen LogP contribution in [-0.2, 0) is 6.54 Å². The number of aromatic nitrogens is 2. The predicted molar refractivity (Wildman–Crippen MR) is 107 cm³/mol. The molecule has 25 heavy (non-hydrogen) atoms. The molecule has 3 aromatic rings. The van der Waals surface area contributed by atoms with E-state index >= 15 is 0 Å². The van der Waals surface area contributed by atoms with Gasteiger partial charge in [-0.05, 0) is 50.1 Å². The fraction of sp³-hybridized carbons (Fsp3) is 0.200. The summed E-state index contributed by atoms with van der Waals surface area (Å²) in [5.41, 5.74) is 5.53. The quantitative estimate of drug-likeness (QED) is 0.595. The van der Waals surface area contributed by atoms with Gasteiger partial charge in [-0.2, -0.15) is 4.98 Å². The molecular formula is C20H21BrN4. The molecule has 0 unspecified atom stereocenters. The van der Waals surface area contributed by atoms with Crippen LogP contribution in [0.4, 0.5) is 17.5 Å². The Labute approximate surface area is 156 Å². The van der Waals surface area contributed by atoms with Gasteiger partial charge in [-0.3, -0.25) is 0 Å². The highest BCUT2D eigenvalue weighted by molar-refractivity contribution is 9.10. The molecule has 0 aliphatic carbocycles. The molecule has 0 aliphatic heterocycles. The van der Waals surface area contributed by atoms with Crippen molar-refractivity contribution in [2.24, 2.45) is 0 Å². The van der Waals surface area contributed by atoms with Crippen molar-refractivity contribution in [1.82, 2.24) is 9.97 Å². The van der Waals surface area contributed by atoms with Crippen molar-refractivity contribution in [2.45, 2.75) is 27.3 Å². The number of nitrogens with one attached hydrogen (secondary N) is 2. The molecule has 128 valence electrons. The molecule has 0 spiro atoms. The first kappa shape index (κ1) is 17.4. The maximum Gasteiger partial charge on any atom is 0.229 e. The van der Waals surface area contributed by atoms with Gasteiger partial charge < -0.3 is 10.6 Å². The van der Waals surface area contributed by atoms with Crippen molar-refractivity contribution in [3.63, 3.8) is 0 Å². The molecule has 2 N–H and O–H groups in total. The van der Waals surface area contributed by atoms with E-state index in [0.29, 0.717) is 5.95 Å². The van der Waals surface area contributed by atoms with E-state index in [4.69, 9.17) is 0 Å². The van der Waals surface area contributed by atoms with Crippen LogP contribution in [0.2, 0.25) is 0 Å². The van der Waals surface area contributed by atoms with Crippen molar-refractivity contribution in [2.75, 3.05) is 10.6 Å². The van der Waals surface area contributed by atoms with Gasteiger partial charge in [0.05, 0.1) is 0 Å². The van der Waals surface area contributed by atoms with Crippen molar-refractivity contribution in [3.05, 3.63) is 75.4 Å². The molecule has 3 rings (SSSR count). The molecule has 0 radical (unpaired) electrons. The van der Waals surface area contributed by atoms with Crippen LogP contribution >= 0.6 is 15.9 Å². The van der Waals surface area contributed by atoms with E-state index in [-0.39, 0.29) is 0 Å². The molecule has 4 nitrogen and oxygen atoms in total. The summed E-state index contributed by atoms with van der Waals surface area (Å²) in [6, 6.07) is 16.5. The maximum atomic E-state index is 4.57. The number of benzene rings is 2. The highest BCUT2D eigenvalue weighted by atomic mass is 79.9. The lowest BCUT2D eigenvalue weighted by molar-refractivity contribution is 1.06. The first-order valence-electron chi connectivity index (χ1n) is 8.18. The molecule has 0 bridgehead atoms. The first-order chi connectivity index (χ1) is 12.0. The van der Waals surface area contributed by atoms with E-state index in [9.17, 15) is 0 Å². The monoisotopic (exact) mass is 396 g/mol. The average Bonchev–Trinajstić information content (AvgIpc) is 2.56. The minimum atomic E-state index is 0.591. The lowest BCUT2D eigenvalue weighted by Crippen LogP contribution is -2.05. The third kappa shape index (κ3) is 4.79. The Morgan fingerprint density at radius 2 is 1.80 bits per heavy atom. The number of nitrogens with zero attached hydrogens (tertiary/aromatic N) is 2. The van der Waals surface area contributed by atoms with Crippen LogP contribution in [-0.4, -0.2) is 9.97 Å². The Morgan fingerprint density at radius 3 is 2.56 bits per heavy atom. The van der Waals surface area contributed by atoms with E-state index in [1.54, 1.807) is 0 Å². The molecule has 2 aromatic carbocycles. The minimum absolute atomic E-state index is 0.591. The fourth-order valence-electron chi connectivity index (χ4n) is 2.58.